The number of amides is 3. The van der Waals surface area contributed by atoms with Gasteiger partial charge in [-0.15, -0.1) is 11.8 Å². The standard InChI is InChI=1S/C28H34N4O6S/c1-18-9-14-23(37-18)27(28(35)29-20-7-5-4-6-8-20)32(21-10-12-22(36-3)13-11-21)26(34)17-39-16-25(33)30-24-15-19(2)38-31-24/h9-15,20,27H,4-8,16-17H2,1-3H3,(H,29,35)(H,30,31,33). The van der Waals surface area contributed by atoms with Crippen LogP contribution in [0.15, 0.2) is 51.4 Å². The van der Waals surface area contributed by atoms with E-state index in [9.17, 15) is 14.4 Å². The van der Waals surface area contributed by atoms with Crippen LogP contribution in [0.5, 0.6) is 5.75 Å². The van der Waals surface area contributed by atoms with Crippen molar-refractivity contribution in [1.29, 1.82) is 0 Å². The number of thioether (sulfide) groups is 1. The van der Waals surface area contributed by atoms with Crippen molar-refractivity contribution in [2.45, 2.75) is 58.0 Å². The fraction of sp³-hybridized carbons (Fsp3) is 0.429. The molecule has 2 aromatic heterocycles. The van der Waals surface area contributed by atoms with E-state index in [2.05, 4.69) is 15.8 Å². The molecule has 4 rings (SSSR count). The fourth-order valence-electron chi connectivity index (χ4n) is 4.59. The summed E-state index contributed by atoms with van der Waals surface area (Å²) in [6.07, 6.45) is 5.08. The Balaban J connectivity index is 1.55. The zero-order valence-electron chi connectivity index (χ0n) is 22.4. The lowest BCUT2D eigenvalue weighted by molar-refractivity contribution is -0.127. The van der Waals surface area contributed by atoms with Crippen LogP contribution in [0.4, 0.5) is 11.5 Å². The lowest BCUT2D eigenvalue weighted by Crippen LogP contribution is -2.47. The SMILES string of the molecule is COc1ccc(N(C(=O)CSCC(=O)Nc2cc(C)on2)C(C(=O)NC2CCCCC2)c2ccc(C)o2)cc1. The van der Waals surface area contributed by atoms with Gasteiger partial charge >= 0.3 is 0 Å². The van der Waals surface area contributed by atoms with Gasteiger partial charge in [-0.1, -0.05) is 24.4 Å². The second kappa shape index (κ2) is 13.4. The molecule has 1 aliphatic carbocycles. The van der Waals surface area contributed by atoms with E-state index in [1.807, 2.05) is 0 Å². The molecule has 0 radical (unpaired) electrons. The van der Waals surface area contributed by atoms with Crippen molar-refractivity contribution in [2.75, 3.05) is 28.8 Å². The van der Waals surface area contributed by atoms with E-state index < -0.39 is 6.04 Å². The quantitative estimate of drug-likeness (QED) is 0.347. The number of hydrogen-bond donors (Lipinski definition) is 2. The van der Waals surface area contributed by atoms with Crippen molar-refractivity contribution in [1.82, 2.24) is 10.5 Å². The summed E-state index contributed by atoms with van der Waals surface area (Å²) in [5.41, 5.74) is 0.516. The molecular formula is C28H34N4O6S. The molecule has 11 heteroatoms. The highest BCUT2D eigenvalue weighted by atomic mass is 32.2. The molecule has 1 saturated carbocycles. The molecule has 1 aliphatic rings. The first-order valence-electron chi connectivity index (χ1n) is 13.0. The van der Waals surface area contributed by atoms with Crippen LogP contribution in [0.2, 0.25) is 0 Å². The highest BCUT2D eigenvalue weighted by molar-refractivity contribution is 8.00. The van der Waals surface area contributed by atoms with Crippen molar-refractivity contribution >= 4 is 41.0 Å². The molecule has 1 fully saturated rings. The van der Waals surface area contributed by atoms with Crippen molar-refractivity contribution in [3.05, 3.63) is 59.7 Å². The molecule has 2 N–H and O–H groups in total. The molecule has 3 aromatic rings. The van der Waals surface area contributed by atoms with Crippen molar-refractivity contribution in [2.24, 2.45) is 0 Å². The highest BCUT2D eigenvalue weighted by Crippen LogP contribution is 2.32. The van der Waals surface area contributed by atoms with E-state index in [4.69, 9.17) is 13.7 Å². The largest absolute Gasteiger partial charge is 0.497 e. The second-order valence-corrected chi connectivity index (χ2v) is 10.5. The number of nitrogens with one attached hydrogen (secondary N) is 2. The minimum atomic E-state index is -1.02. The summed E-state index contributed by atoms with van der Waals surface area (Å²) in [5, 5.41) is 9.55. The monoisotopic (exact) mass is 554 g/mol. The molecule has 10 nitrogen and oxygen atoms in total. The summed E-state index contributed by atoms with van der Waals surface area (Å²) >= 11 is 1.14. The number of ether oxygens (including phenoxy) is 1. The maximum atomic E-state index is 13.8. The van der Waals surface area contributed by atoms with E-state index in [-0.39, 0.29) is 35.3 Å². The number of anilines is 2. The summed E-state index contributed by atoms with van der Waals surface area (Å²) in [7, 11) is 1.56. The van der Waals surface area contributed by atoms with Crippen LogP contribution in [0.25, 0.3) is 0 Å². The van der Waals surface area contributed by atoms with Gasteiger partial charge in [-0.3, -0.25) is 19.3 Å². The molecule has 1 aromatic carbocycles. The first-order chi connectivity index (χ1) is 18.8. The van der Waals surface area contributed by atoms with Gasteiger partial charge in [0.15, 0.2) is 11.9 Å². The molecular weight excluding hydrogens is 520 g/mol. The van der Waals surface area contributed by atoms with E-state index in [0.717, 1.165) is 43.9 Å². The van der Waals surface area contributed by atoms with Crippen molar-refractivity contribution < 1.29 is 28.1 Å². The van der Waals surface area contributed by atoms with Gasteiger partial charge < -0.3 is 24.3 Å². The second-order valence-electron chi connectivity index (χ2n) is 9.52. The van der Waals surface area contributed by atoms with Gasteiger partial charge in [0.25, 0.3) is 5.91 Å². The molecule has 0 aliphatic heterocycles. The number of aryl methyl sites for hydroxylation is 2. The number of methoxy groups -OCH3 is 1. The fourth-order valence-corrected chi connectivity index (χ4v) is 5.26. The number of carbonyl (C=O) groups excluding carboxylic acids is 3. The average Bonchev–Trinajstić information content (AvgIpc) is 3.54. The Kier molecular flexibility index (Phi) is 9.69. The number of aromatic nitrogens is 1. The van der Waals surface area contributed by atoms with E-state index in [0.29, 0.717) is 34.5 Å². The van der Waals surface area contributed by atoms with Gasteiger partial charge in [-0.25, -0.2) is 0 Å². The van der Waals surface area contributed by atoms with Gasteiger partial charge in [0, 0.05) is 17.8 Å². The molecule has 0 spiro atoms. The van der Waals surface area contributed by atoms with E-state index in [1.54, 1.807) is 63.4 Å². The number of carbonyl (C=O) groups is 3. The number of furan rings is 1. The highest BCUT2D eigenvalue weighted by Gasteiger charge is 2.36. The first-order valence-corrected chi connectivity index (χ1v) is 14.1. The Labute approximate surface area is 231 Å². The van der Waals surface area contributed by atoms with Crippen molar-refractivity contribution in [3.8, 4) is 5.75 Å². The van der Waals surface area contributed by atoms with Crippen LogP contribution in [0, 0.1) is 13.8 Å². The zero-order chi connectivity index (χ0) is 27.8. The number of nitrogens with zero attached hydrogens (tertiary/aromatic N) is 2. The lowest BCUT2D eigenvalue weighted by atomic mass is 9.95. The predicted octanol–water partition coefficient (Wildman–Crippen LogP) is 4.79. The summed E-state index contributed by atoms with van der Waals surface area (Å²) in [4.78, 5) is 41.3. The maximum Gasteiger partial charge on any atom is 0.251 e. The Bertz CT molecular complexity index is 1270. The molecule has 3 amide bonds. The normalized spacial score (nSPS) is 14.4. The molecule has 0 bridgehead atoms. The maximum absolute atomic E-state index is 13.8. The predicted molar refractivity (Wildman–Crippen MR) is 149 cm³/mol. The van der Waals surface area contributed by atoms with Gasteiger partial charge in [0.1, 0.15) is 23.0 Å². The van der Waals surface area contributed by atoms with Gasteiger partial charge in [-0.05, 0) is 63.1 Å². The number of rotatable bonds is 11. The van der Waals surface area contributed by atoms with E-state index in [1.165, 1.54) is 4.90 Å². The van der Waals surface area contributed by atoms with Crippen LogP contribution in [-0.2, 0) is 14.4 Å². The molecule has 2 heterocycles. The summed E-state index contributed by atoms with van der Waals surface area (Å²) < 4.78 is 16.1. The topological polar surface area (TPSA) is 127 Å². The van der Waals surface area contributed by atoms with Crippen LogP contribution in [0.1, 0.15) is 55.4 Å². The van der Waals surface area contributed by atoms with Gasteiger partial charge in [0.2, 0.25) is 11.8 Å². The third kappa shape index (κ3) is 7.66. The average molecular weight is 555 g/mol. The summed E-state index contributed by atoms with van der Waals surface area (Å²) in [5.74, 6) is 1.55. The smallest absolute Gasteiger partial charge is 0.251 e. The van der Waals surface area contributed by atoms with E-state index >= 15 is 0 Å². The Morgan fingerprint density at radius 2 is 1.79 bits per heavy atom. The molecule has 1 unspecified atom stereocenters. The minimum absolute atomic E-state index is 0.0207. The molecule has 39 heavy (non-hydrogen) atoms. The number of hydrogen-bond acceptors (Lipinski definition) is 8. The third-order valence-electron chi connectivity index (χ3n) is 6.46. The summed E-state index contributed by atoms with van der Waals surface area (Å²) in [6, 6.07) is 11.1. The van der Waals surface area contributed by atoms with Gasteiger partial charge in [0.05, 0.1) is 18.6 Å². The first kappa shape index (κ1) is 28.3. The van der Waals surface area contributed by atoms with Crippen LogP contribution < -0.4 is 20.3 Å². The third-order valence-corrected chi connectivity index (χ3v) is 7.38. The lowest BCUT2D eigenvalue weighted by Gasteiger charge is -2.32. The van der Waals surface area contributed by atoms with Gasteiger partial charge in [-0.2, -0.15) is 0 Å². The van der Waals surface area contributed by atoms with Crippen molar-refractivity contribution in [3.63, 3.8) is 0 Å². The minimum Gasteiger partial charge on any atom is -0.497 e. The Morgan fingerprint density at radius 1 is 1.05 bits per heavy atom. The molecule has 0 saturated heterocycles. The van der Waals surface area contributed by atoms with Crippen LogP contribution in [-0.4, -0.2) is 47.5 Å². The van der Waals surface area contributed by atoms with Crippen LogP contribution in [0.3, 0.4) is 0 Å². The number of benzene rings is 1. The Morgan fingerprint density at radius 3 is 2.41 bits per heavy atom. The Hall–Kier alpha value is -3.73. The molecule has 208 valence electrons. The molecule has 1 atom stereocenters. The van der Waals surface area contributed by atoms with Crippen LogP contribution >= 0.6 is 11.8 Å². The zero-order valence-corrected chi connectivity index (χ0v) is 23.2. The summed E-state index contributed by atoms with van der Waals surface area (Å²) in [6.45, 7) is 3.52.